The molecule has 1 aliphatic rings. The lowest BCUT2D eigenvalue weighted by atomic mass is 10.2. The van der Waals surface area contributed by atoms with Gasteiger partial charge in [0.1, 0.15) is 5.82 Å². The molecule has 8 heteroatoms. The summed E-state index contributed by atoms with van der Waals surface area (Å²) in [6.07, 6.45) is 3.09. The molecule has 0 spiro atoms. The van der Waals surface area contributed by atoms with E-state index in [4.69, 9.17) is 11.6 Å². The zero-order valence-electron chi connectivity index (χ0n) is 14.8. The summed E-state index contributed by atoms with van der Waals surface area (Å²) in [4.78, 5) is 13.6. The molecule has 27 heavy (non-hydrogen) atoms. The van der Waals surface area contributed by atoms with Crippen molar-refractivity contribution in [2.24, 2.45) is 0 Å². The first-order valence-corrected chi connectivity index (χ1v) is 11.0. The molecule has 2 aromatic heterocycles. The van der Waals surface area contributed by atoms with Gasteiger partial charge < -0.3 is 9.88 Å². The summed E-state index contributed by atoms with van der Waals surface area (Å²) >= 11 is 9.27. The average Bonchev–Trinajstić information content (AvgIpc) is 3.20. The Kier molecular flexibility index (Phi) is 5.52. The van der Waals surface area contributed by atoms with Gasteiger partial charge in [0.05, 0.1) is 5.75 Å². The molecule has 5 nitrogen and oxygen atoms in total. The number of hydrogen-bond donors (Lipinski definition) is 1. The van der Waals surface area contributed by atoms with Gasteiger partial charge in [-0.3, -0.25) is 4.79 Å². The van der Waals surface area contributed by atoms with E-state index in [1.165, 1.54) is 16.6 Å². The van der Waals surface area contributed by atoms with Crippen molar-refractivity contribution in [1.82, 2.24) is 14.8 Å². The summed E-state index contributed by atoms with van der Waals surface area (Å²) in [6, 6.07) is 10.2. The number of halogens is 1. The van der Waals surface area contributed by atoms with E-state index in [-0.39, 0.29) is 11.7 Å². The van der Waals surface area contributed by atoms with Crippen LogP contribution in [-0.4, -0.2) is 26.4 Å². The predicted molar refractivity (Wildman–Crippen MR) is 111 cm³/mol. The molecule has 1 fully saturated rings. The number of anilines is 1. The van der Waals surface area contributed by atoms with Gasteiger partial charge in [0, 0.05) is 28.0 Å². The van der Waals surface area contributed by atoms with Crippen molar-refractivity contribution < 1.29 is 4.79 Å². The van der Waals surface area contributed by atoms with Gasteiger partial charge in [0.2, 0.25) is 5.91 Å². The van der Waals surface area contributed by atoms with Crippen LogP contribution in [0.25, 0.3) is 0 Å². The van der Waals surface area contributed by atoms with Gasteiger partial charge in [-0.05, 0) is 48.9 Å². The summed E-state index contributed by atoms with van der Waals surface area (Å²) in [5, 5.41) is 15.2. The van der Waals surface area contributed by atoms with E-state index in [9.17, 15) is 4.79 Å². The number of hydrogen-bond acceptors (Lipinski definition) is 5. The molecule has 1 aliphatic carbocycles. The standard InChI is InChI=1S/C19H19ClN4OS2/c1-12-4-5-13(9-16(12)20)21-18(25)11-27-19-23-22-17(24(19)14-6-7-14)10-15-3-2-8-26-15/h2-5,8-9,14H,6-7,10-11H2,1H3,(H,21,25). The molecule has 0 atom stereocenters. The summed E-state index contributed by atoms with van der Waals surface area (Å²) in [5.41, 5.74) is 1.69. The maximum Gasteiger partial charge on any atom is 0.234 e. The molecule has 1 aromatic carbocycles. The molecule has 0 radical (unpaired) electrons. The van der Waals surface area contributed by atoms with E-state index in [1.807, 2.05) is 19.1 Å². The van der Waals surface area contributed by atoms with Crippen LogP contribution in [0.15, 0.2) is 40.9 Å². The van der Waals surface area contributed by atoms with Gasteiger partial charge in [-0.25, -0.2) is 0 Å². The molecule has 140 valence electrons. The predicted octanol–water partition coefficient (Wildman–Crippen LogP) is 4.96. The molecule has 0 unspecified atom stereocenters. The Hall–Kier alpha value is -1.83. The van der Waals surface area contributed by atoms with Crippen molar-refractivity contribution in [2.45, 2.75) is 37.4 Å². The minimum absolute atomic E-state index is 0.0786. The summed E-state index contributed by atoms with van der Waals surface area (Å²) in [6.45, 7) is 1.93. The molecule has 1 amide bonds. The maximum atomic E-state index is 12.3. The third-order valence-corrected chi connectivity index (χ3v) is 6.57. The largest absolute Gasteiger partial charge is 0.325 e. The number of benzene rings is 1. The third kappa shape index (κ3) is 4.54. The molecule has 0 saturated heterocycles. The molecular formula is C19H19ClN4OS2. The normalized spacial score (nSPS) is 13.7. The zero-order chi connectivity index (χ0) is 18.8. The second-order valence-electron chi connectivity index (χ2n) is 6.56. The highest BCUT2D eigenvalue weighted by Gasteiger charge is 2.30. The van der Waals surface area contributed by atoms with Gasteiger partial charge in [-0.2, -0.15) is 0 Å². The summed E-state index contributed by atoms with van der Waals surface area (Å²) < 4.78 is 2.21. The van der Waals surface area contributed by atoms with Crippen LogP contribution in [0, 0.1) is 6.92 Å². The average molecular weight is 419 g/mol. The number of nitrogens with zero attached hydrogens (tertiary/aromatic N) is 3. The summed E-state index contributed by atoms with van der Waals surface area (Å²) in [7, 11) is 0. The molecule has 4 rings (SSSR count). The van der Waals surface area contributed by atoms with Crippen LogP contribution in [0.2, 0.25) is 5.02 Å². The van der Waals surface area contributed by atoms with Crippen LogP contribution in [-0.2, 0) is 11.2 Å². The first-order chi connectivity index (χ1) is 13.1. The quantitative estimate of drug-likeness (QED) is 0.551. The van der Waals surface area contributed by atoms with E-state index in [0.29, 0.717) is 16.8 Å². The Labute approximate surface area is 171 Å². The molecule has 1 N–H and O–H groups in total. The van der Waals surface area contributed by atoms with Crippen LogP contribution in [0.1, 0.15) is 35.1 Å². The monoisotopic (exact) mass is 418 g/mol. The summed E-state index contributed by atoms with van der Waals surface area (Å²) in [5.74, 6) is 1.19. The highest BCUT2D eigenvalue weighted by Crippen LogP contribution is 2.39. The zero-order valence-corrected chi connectivity index (χ0v) is 17.2. The number of thioether (sulfide) groups is 1. The highest BCUT2D eigenvalue weighted by molar-refractivity contribution is 7.99. The van der Waals surface area contributed by atoms with Crippen molar-refractivity contribution in [2.75, 3.05) is 11.1 Å². The van der Waals surface area contributed by atoms with Crippen LogP contribution < -0.4 is 5.32 Å². The molecule has 3 aromatic rings. The van der Waals surface area contributed by atoms with Crippen LogP contribution in [0.3, 0.4) is 0 Å². The van der Waals surface area contributed by atoms with Crippen molar-refractivity contribution in [3.63, 3.8) is 0 Å². The van der Waals surface area contributed by atoms with Crippen molar-refractivity contribution >= 4 is 46.3 Å². The Bertz CT molecular complexity index is 951. The number of carbonyl (C=O) groups excluding carboxylic acids is 1. The lowest BCUT2D eigenvalue weighted by Gasteiger charge is -2.09. The lowest BCUT2D eigenvalue weighted by molar-refractivity contribution is -0.113. The molecule has 1 saturated carbocycles. The van der Waals surface area contributed by atoms with E-state index < -0.39 is 0 Å². The van der Waals surface area contributed by atoms with E-state index >= 15 is 0 Å². The smallest absolute Gasteiger partial charge is 0.234 e. The Morgan fingerprint density at radius 3 is 2.93 bits per heavy atom. The van der Waals surface area contributed by atoms with Crippen molar-refractivity contribution in [1.29, 1.82) is 0 Å². The van der Waals surface area contributed by atoms with Gasteiger partial charge in [-0.1, -0.05) is 35.5 Å². The minimum Gasteiger partial charge on any atom is -0.325 e. The fraction of sp³-hybridized carbons (Fsp3) is 0.316. The Balaban J connectivity index is 1.41. The van der Waals surface area contributed by atoms with Gasteiger partial charge in [-0.15, -0.1) is 21.5 Å². The van der Waals surface area contributed by atoms with Crippen LogP contribution in [0.4, 0.5) is 5.69 Å². The van der Waals surface area contributed by atoms with E-state index in [1.54, 1.807) is 17.4 Å². The van der Waals surface area contributed by atoms with Crippen LogP contribution in [0.5, 0.6) is 0 Å². The fourth-order valence-corrected chi connectivity index (χ4v) is 4.50. The fourth-order valence-electron chi connectivity index (χ4n) is 2.79. The van der Waals surface area contributed by atoms with Gasteiger partial charge in [0.15, 0.2) is 5.16 Å². The Morgan fingerprint density at radius 2 is 2.22 bits per heavy atom. The topological polar surface area (TPSA) is 59.8 Å². The number of amides is 1. The third-order valence-electron chi connectivity index (χ3n) is 4.35. The number of aryl methyl sites for hydroxylation is 1. The number of aromatic nitrogens is 3. The lowest BCUT2D eigenvalue weighted by Crippen LogP contribution is -2.14. The SMILES string of the molecule is Cc1ccc(NC(=O)CSc2nnc(Cc3cccs3)n2C2CC2)cc1Cl. The molecule has 0 bridgehead atoms. The number of nitrogens with one attached hydrogen (secondary N) is 1. The van der Waals surface area contributed by atoms with E-state index in [0.717, 1.165) is 35.8 Å². The molecular weight excluding hydrogens is 400 g/mol. The second kappa shape index (κ2) is 8.04. The first-order valence-electron chi connectivity index (χ1n) is 8.75. The van der Waals surface area contributed by atoms with E-state index in [2.05, 4.69) is 37.6 Å². The number of carbonyl (C=O) groups is 1. The maximum absolute atomic E-state index is 12.3. The number of thiophene rings is 1. The van der Waals surface area contributed by atoms with Crippen LogP contribution >= 0.6 is 34.7 Å². The first kappa shape index (κ1) is 18.5. The molecule has 0 aliphatic heterocycles. The van der Waals surface area contributed by atoms with Gasteiger partial charge >= 0.3 is 0 Å². The highest BCUT2D eigenvalue weighted by atomic mass is 35.5. The second-order valence-corrected chi connectivity index (χ2v) is 8.94. The molecule has 2 heterocycles. The van der Waals surface area contributed by atoms with Crippen molar-refractivity contribution in [3.8, 4) is 0 Å². The van der Waals surface area contributed by atoms with Crippen molar-refractivity contribution in [3.05, 3.63) is 57.0 Å². The van der Waals surface area contributed by atoms with Gasteiger partial charge in [0.25, 0.3) is 0 Å². The minimum atomic E-state index is -0.0786. The Morgan fingerprint density at radius 1 is 1.37 bits per heavy atom. The number of rotatable bonds is 7.